The van der Waals surface area contributed by atoms with Gasteiger partial charge in [0, 0.05) is 9.89 Å². The van der Waals surface area contributed by atoms with Crippen molar-refractivity contribution in [1.82, 2.24) is 9.55 Å². The molecule has 0 aliphatic carbocycles. The molecule has 136 valence electrons. The predicted molar refractivity (Wildman–Crippen MR) is 107 cm³/mol. The van der Waals surface area contributed by atoms with Gasteiger partial charge in [-0.15, -0.1) is 0 Å². The van der Waals surface area contributed by atoms with Crippen LogP contribution in [0.25, 0.3) is 10.9 Å². The summed E-state index contributed by atoms with van der Waals surface area (Å²) in [5.41, 5.74) is 0.0268. The number of aromatic nitrogens is 2. The summed E-state index contributed by atoms with van der Waals surface area (Å²) in [6.07, 6.45) is 1.57. The average Bonchev–Trinajstić information content (AvgIpc) is 3.08. The van der Waals surface area contributed by atoms with E-state index in [1.54, 1.807) is 29.0 Å². The van der Waals surface area contributed by atoms with E-state index < -0.39 is 5.41 Å². The molecule has 0 fully saturated rings. The molecule has 0 saturated carbocycles. The molecule has 0 aliphatic heterocycles. The first-order valence-electron chi connectivity index (χ1n) is 8.14. The Morgan fingerprint density at radius 3 is 2.73 bits per heavy atom. The number of carbonyl (C=O) groups excluding carboxylic acids is 1. The number of halogens is 1. The van der Waals surface area contributed by atoms with E-state index >= 15 is 0 Å². The second-order valence-corrected chi connectivity index (χ2v) is 8.85. The number of thioether (sulfide) groups is 1. The summed E-state index contributed by atoms with van der Waals surface area (Å²) in [5.74, 6) is 1.03. The third kappa shape index (κ3) is 4.10. The largest absolute Gasteiger partial charge is 0.467 e. The summed E-state index contributed by atoms with van der Waals surface area (Å²) >= 11 is 4.68. The topological polar surface area (TPSA) is 65.1 Å². The monoisotopic (exact) mass is 434 g/mol. The Morgan fingerprint density at radius 2 is 2.08 bits per heavy atom. The Hall–Kier alpha value is -1.86. The summed E-state index contributed by atoms with van der Waals surface area (Å²) in [5, 5.41) is 1.04. The van der Waals surface area contributed by atoms with Crippen LogP contribution >= 0.6 is 27.7 Å². The van der Waals surface area contributed by atoms with Crippen molar-refractivity contribution in [3.8, 4) is 0 Å². The van der Waals surface area contributed by atoms with E-state index in [0.717, 1.165) is 4.47 Å². The van der Waals surface area contributed by atoms with Crippen molar-refractivity contribution in [2.45, 2.75) is 32.5 Å². The van der Waals surface area contributed by atoms with E-state index in [4.69, 9.17) is 4.42 Å². The van der Waals surface area contributed by atoms with E-state index in [1.807, 2.05) is 32.9 Å². The lowest BCUT2D eigenvalue weighted by Crippen LogP contribution is -2.26. The number of furan rings is 1. The number of Topliss-reactive ketones (excluding diaryl/α,β-unsaturated/α-hetero) is 1. The Labute approximate surface area is 163 Å². The molecule has 0 N–H and O–H groups in total. The number of rotatable bonds is 5. The van der Waals surface area contributed by atoms with E-state index in [0.29, 0.717) is 21.8 Å². The van der Waals surface area contributed by atoms with Crippen LogP contribution in [0.3, 0.4) is 0 Å². The molecule has 0 bridgehead atoms. The van der Waals surface area contributed by atoms with Gasteiger partial charge in [-0.05, 0) is 30.3 Å². The first-order chi connectivity index (χ1) is 12.3. The van der Waals surface area contributed by atoms with Crippen LogP contribution in [-0.4, -0.2) is 21.1 Å². The van der Waals surface area contributed by atoms with E-state index in [-0.39, 0.29) is 23.6 Å². The van der Waals surface area contributed by atoms with Gasteiger partial charge in [0.2, 0.25) is 0 Å². The van der Waals surface area contributed by atoms with Crippen LogP contribution < -0.4 is 5.56 Å². The Bertz CT molecular complexity index is 1000. The van der Waals surface area contributed by atoms with Crippen molar-refractivity contribution >= 4 is 44.4 Å². The lowest BCUT2D eigenvalue weighted by atomic mass is 9.92. The van der Waals surface area contributed by atoms with Crippen LogP contribution in [-0.2, 0) is 11.3 Å². The van der Waals surface area contributed by atoms with Gasteiger partial charge in [-0.2, -0.15) is 0 Å². The Kier molecular flexibility index (Phi) is 5.39. The summed E-state index contributed by atoms with van der Waals surface area (Å²) in [4.78, 5) is 30.0. The van der Waals surface area contributed by atoms with Gasteiger partial charge in [0.25, 0.3) is 5.56 Å². The minimum Gasteiger partial charge on any atom is -0.467 e. The highest BCUT2D eigenvalue weighted by atomic mass is 79.9. The number of nitrogens with zero attached hydrogens (tertiary/aromatic N) is 2. The first kappa shape index (κ1) is 18.9. The maximum absolute atomic E-state index is 13.0. The van der Waals surface area contributed by atoms with Crippen molar-refractivity contribution in [3.05, 3.63) is 57.2 Å². The first-order valence-corrected chi connectivity index (χ1v) is 9.92. The highest BCUT2D eigenvalue weighted by Crippen LogP contribution is 2.24. The summed E-state index contributed by atoms with van der Waals surface area (Å²) < 4.78 is 7.77. The van der Waals surface area contributed by atoms with E-state index in [1.165, 1.54) is 11.8 Å². The van der Waals surface area contributed by atoms with Crippen molar-refractivity contribution < 1.29 is 9.21 Å². The number of hydrogen-bond acceptors (Lipinski definition) is 5. The van der Waals surface area contributed by atoms with Crippen LogP contribution in [0.15, 0.2) is 55.4 Å². The molecular weight excluding hydrogens is 416 g/mol. The van der Waals surface area contributed by atoms with Gasteiger partial charge in [0.1, 0.15) is 11.5 Å². The maximum Gasteiger partial charge on any atom is 0.262 e. The molecule has 7 heteroatoms. The zero-order valence-electron chi connectivity index (χ0n) is 14.8. The third-order valence-corrected chi connectivity index (χ3v) is 5.41. The normalized spacial score (nSPS) is 11.8. The molecule has 0 radical (unpaired) electrons. The van der Waals surface area contributed by atoms with Gasteiger partial charge in [-0.3, -0.25) is 14.2 Å². The molecule has 2 heterocycles. The third-order valence-electron chi connectivity index (χ3n) is 3.94. The molecule has 0 saturated heterocycles. The minimum atomic E-state index is -0.430. The van der Waals surface area contributed by atoms with Crippen molar-refractivity contribution in [1.29, 1.82) is 0 Å². The Balaban J connectivity index is 2.05. The molecule has 0 atom stereocenters. The highest BCUT2D eigenvalue weighted by molar-refractivity contribution is 9.10. The fourth-order valence-corrected chi connectivity index (χ4v) is 3.85. The Morgan fingerprint density at radius 1 is 1.31 bits per heavy atom. The van der Waals surface area contributed by atoms with Crippen molar-refractivity contribution in [2.24, 2.45) is 5.41 Å². The van der Waals surface area contributed by atoms with Crippen molar-refractivity contribution in [2.75, 3.05) is 5.75 Å². The van der Waals surface area contributed by atoms with Crippen molar-refractivity contribution in [3.63, 3.8) is 0 Å². The molecule has 0 unspecified atom stereocenters. The van der Waals surface area contributed by atoms with Crippen LogP contribution in [0.5, 0.6) is 0 Å². The molecule has 5 nitrogen and oxygen atoms in total. The zero-order chi connectivity index (χ0) is 18.9. The van der Waals surface area contributed by atoms with Crippen LogP contribution in [0.2, 0.25) is 0 Å². The summed E-state index contributed by atoms with van der Waals surface area (Å²) in [6, 6.07) is 9.00. The maximum atomic E-state index is 13.0. The number of benzene rings is 1. The smallest absolute Gasteiger partial charge is 0.262 e. The number of fused-ring (bicyclic) bond motifs is 1. The zero-order valence-corrected chi connectivity index (χ0v) is 17.2. The molecule has 2 aromatic heterocycles. The van der Waals surface area contributed by atoms with E-state index in [2.05, 4.69) is 20.9 Å². The van der Waals surface area contributed by atoms with Crippen LogP contribution in [0.1, 0.15) is 26.5 Å². The minimum absolute atomic E-state index is 0.109. The molecule has 0 aliphatic rings. The predicted octanol–water partition coefficient (Wildman–Crippen LogP) is 4.51. The molecule has 3 rings (SSSR count). The lowest BCUT2D eigenvalue weighted by Gasteiger charge is -2.17. The van der Waals surface area contributed by atoms with Crippen LogP contribution in [0.4, 0.5) is 0 Å². The summed E-state index contributed by atoms with van der Waals surface area (Å²) in [6.45, 7) is 5.93. The quantitative estimate of drug-likeness (QED) is 0.436. The second kappa shape index (κ2) is 7.40. The van der Waals surface area contributed by atoms with Gasteiger partial charge in [0.05, 0.1) is 29.5 Å². The van der Waals surface area contributed by atoms with Gasteiger partial charge in [0.15, 0.2) is 5.16 Å². The number of ketones is 1. The number of carbonyl (C=O) groups is 1. The molecule has 0 spiro atoms. The molecule has 3 aromatic rings. The van der Waals surface area contributed by atoms with Gasteiger partial charge in [-0.1, -0.05) is 48.5 Å². The SMILES string of the molecule is CC(C)(C)C(=O)CSc1nc2ccc(Br)cc2c(=O)n1Cc1ccco1. The van der Waals surface area contributed by atoms with Crippen LogP contribution in [0, 0.1) is 5.41 Å². The van der Waals surface area contributed by atoms with Gasteiger partial charge >= 0.3 is 0 Å². The molecule has 1 aromatic carbocycles. The van der Waals surface area contributed by atoms with Gasteiger partial charge < -0.3 is 4.42 Å². The fraction of sp³-hybridized carbons (Fsp3) is 0.316. The number of hydrogen-bond donors (Lipinski definition) is 0. The lowest BCUT2D eigenvalue weighted by molar-refractivity contribution is -0.123. The average molecular weight is 435 g/mol. The molecule has 26 heavy (non-hydrogen) atoms. The fourth-order valence-electron chi connectivity index (χ4n) is 2.33. The summed E-state index contributed by atoms with van der Waals surface area (Å²) in [7, 11) is 0. The molecular formula is C19H19BrN2O3S. The highest BCUT2D eigenvalue weighted by Gasteiger charge is 2.22. The standard InChI is InChI=1S/C19H19BrN2O3S/c1-19(2,3)16(23)11-26-18-21-15-7-6-12(20)9-14(15)17(24)22(18)10-13-5-4-8-25-13/h4-9H,10-11H2,1-3H3. The van der Waals surface area contributed by atoms with Gasteiger partial charge in [-0.25, -0.2) is 4.98 Å². The van der Waals surface area contributed by atoms with E-state index in [9.17, 15) is 9.59 Å². The molecule has 0 amide bonds. The second-order valence-electron chi connectivity index (χ2n) is 6.99.